The van der Waals surface area contributed by atoms with Crippen LogP contribution in [-0.4, -0.2) is 23.3 Å². The van der Waals surface area contributed by atoms with Crippen LogP contribution in [0, 0.1) is 5.92 Å². The lowest BCUT2D eigenvalue weighted by atomic mass is 9.90. The van der Waals surface area contributed by atoms with E-state index < -0.39 is 0 Å². The molecule has 1 saturated heterocycles. The highest BCUT2D eigenvalue weighted by molar-refractivity contribution is 5.59. The van der Waals surface area contributed by atoms with E-state index in [9.17, 15) is 0 Å². The van der Waals surface area contributed by atoms with E-state index in [4.69, 9.17) is 0 Å². The molecule has 3 nitrogen and oxygen atoms in total. The van der Waals surface area contributed by atoms with Crippen molar-refractivity contribution in [1.82, 2.24) is 10.2 Å². The summed E-state index contributed by atoms with van der Waals surface area (Å²) in [6.45, 7) is 2.13. The SMILES string of the molecule is c1ccc(CC2CCN(c3ccc(-c4ccccc4)nn3)CC2)cc1. The van der Waals surface area contributed by atoms with Crippen LogP contribution in [0.2, 0.25) is 0 Å². The monoisotopic (exact) mass is 329 g/mol. The van der Waals surface area contributed by atoms with Gasteiger partial charge in [0.05, 0.1) is 5.69 Å². The van der Waals surface area contributed by atoms with Crippen molar-refractivity contribution < 1.29 is 0 Å². The van der Waals surface area contributed by atoms with Gasteiger partial charge in [0.25, 0.3) is 0 Å². The third kappa shape index (κ3) is 3.87. The van der Waals surface area contributed by atoms with Crippen molar-refractivity contribution >= 4 is 5.82 Å². The molecule has 0 bridgehead atoms. The molecule has 1 fully saturated rings. The van der Waals surface area contributed by atoms with E-state index in [1.165, 1.54) is 24.8 Å². The van der Waals surface area contributed by atoms with Crippen molar-refractivity contribution in [2.45, 2.75) is 19.3 Å². The van der Waals surface area contributed by atoms with Crippen LogP contribution >= 0.6 is 0 Å². The summed E-state index contributed by atoms with van der Waals surface area (Å²) in [4.78, 5) is 2.36. The Balaban J connectivity index is 1.36. The predicted octanol–water partition coefficient (Wildman–Crippen LogP) is 4.60. The third-order valence-corrected chi connectivity index (χ3v) is 5.03. The second-order valence-electron chi connectivity index (χ2n) is 6.76. The molecular weight excluding hydrogens is 306 g/mol. The van der Waals surface area contributed by atoms with E-state index in [1.807, 2.05) is 18.2 Å². The second-order valence-corrected chi connectivity index (χ2v) is 6.76. The minimum absolute atomic E-state index is 0.773. The lowest BCUT2D eigenvalue weighted by molar-refractivity contribution is 0.402. The fourth-order valence-corrected chi connectivity index (χ4v) is 3.57. The number of hydrogen-bond acceptors (Lipinski definition) is 3. The molecule has 0 atom stereocenters. The molecule has 0 N–H and O–H groups in total. The highest BCUT2D eigenvalue weighted by atomic mass is 15.3. The zero-order chi connectivity index (χ0) is 16.9. The van der Waals surface area contributed by atoms with Crippen LogP contribution in [0.1, 0.15) is 18.4 Å². The summed E-state index contributed by atoms with van der Waals surface area (Å²) in [7, 11) is 0. The minimum atomic E-state index is 0.773. The number of nitrogens with zero attached hydrogens (tertiary/aromatic N) is 3. The van der Waals surface area contributed by atoms with Crippen molar-refractivity contribution in [2.75, 3.05) is 18.0 Å². The number of hydrogen-bond donors (Lipinski definition) is 0. The zero-order valence-electron chi connectivity index (χ0n) is 14.4. The lowest BCUT2D eigenvalue weighted by Gasteiger charge is -2.32. The normalized spacial score (nSPS) is 15.3. The summed E-state index contributed by atoms with van der Waals surface area (Å²) >= 11 is 0. The van der Waals surface area contributed by atoms with Crippen LogP contribution < -0.4 is 4.90 Å². The first-order chi connectivity index (χ1) is 12.4. The van der Waals surface area contributed by atoms with Gasteiger partial charge in [0, 0.05) is 18.7 Å². The molecule has 2 heterocycles. The summed E-state index contributed by atoms with van der Waals surface area (Å²) in [5.41, 5.74) is 3.50. The molecule has 0 saturated carbocycles. The van der Waals surface area contributed by atoms with E-state index in [0.29, 0.717) is 0 Å². The fourth-order valence-electron chi connectivity index (χ4n) is 3.57. The first kappa shape index (κ1) is 15.8. The van der Waals surface area contributed by atoms with Crippen LogP contribution in [0.5, 0.6) is 0 Å². The molecule has 0 radical (unpaired) electrons. The van der Waals surface area contributed by atoms with Crippen molar-refractivity contribution in [3.05, 3.63) is 78.4 Å². The topological polar surface area (TPSA) is 29.0 Å². The maximum Gasteiger partial charge on any atom is 0.151 e. The molecule has 1 aliphatic rings. The smallest absolute Gasteiger partial charge is 0.151 e. The Morgan fingerprint density at radius 2 is 1.44 bits per heavy atom. The molecule has 3 aromatic rings. The quantitative estimate of drug-likeness (QED) is 0.700. The molecule has 0 amide bonds. The van der Waals surface area contributed by atoms with Crippen LogP contribution in [0.3, 0.4) is 0 Å². The van der Waals surface area contributed by atoms with E-state index in [1.54, 1.807) is 0 Å². The fraction of sp³-hybridized carbons (Fsp3) is 0.273. The molecule has 0 aliphatic carbocycles. The van der Waals surface area contributed by atoms with Crippen molar-refractivity contribution in [2.24, 2.45) is 5.92 Å². The Hall–Kier alpha value is -2.68. The van der Waals surface area contributed by atoms with Gasteiger partial charge in [-0.2, -0.15) is 0 Å². The van der Waals surface area contributed by atoms with E-state index in [-0.39, 0.29) is 0 Å². The summed E-state index contributed by atoms with van der Waals surface area (Å²) in [5.74, 6) is 1.77. The van der Waals surface area contributed by atoms with Gasteiger partial charge in [-0.05, 0) is 42.9 Å². The standard InChI is InChI=1S/C22H23N3/c1-3-7-18(8-4-1)17-19-13-15-25(16-14-19)22-12-11-21(23-24-22)20-9-5-2-6-10-20/h1-12,19H,13-17H2. The van der Waals surface area contributed by atoms with Gasteiger partial charge < -0.3 is 4.90 Å². The van der Waals surface area contributed by atoms with Crippen LogP contribution in [-0.2, 0) is 6.42 Å². The maximum atomic E-state index is 4.46. The Morgan fingerprint density at radius 3 is 2.08 bits per heavy atom. The Bertz CT molecular complexity index is 777. The molecule has 1 aliphatic heterocycles. The molecule has 1 aromatic heterocycles. The highest BCUT2D eigenvalue weighted by Crippen LogP contribution is 2.25. The first-order valence-corrected chi connectivity index (χ1v) is 9.06. The molecule has 2 aromatic carbocycles. The number of anilines is 1. The largest absolute Gasteiger partial charge is 0.355 e. The maximum absolute atomic E-state index is 4.46. The van der Waals surface area contributed by atoms with Crippen molar-refractivity contribution in [1.29, 1.82) is 0 Å². The van der Waals surface area contributed by atoms with Gasteiger partial charge in [-0.15, -0.1) is 10.2 Å². The average molecular weight is 329 g/mol. The van der Waals surface area contributed by atoms with Gasteiger partial charge >= 0.3 is 0 Å². The van der Waals surface area contributed by atoms with Crippen molar-refractivity contribution in [3.63, 3.8) is 0 Å². The molecule has 3 heteroatoms. The first-order valence-electron chi connectivity index (χ1n) is 9.06. The van der Waals surface area contributed by atoms with Crippen LogP contribution in [0.25, 0.3) is 11.3 Å². The molecule has 126 valence electrons. The predicted molar refractivity (Wildman–Crippen MR) is 103 cm³/mol. The minimum Gasteiger partial charge on any atom is -0.355 e. The van der Waals surface area contributed by atoms with Crippen LogP contribution in [0.15, 0.2) is 72.8 Å². The van der Waals surface area contributed by atoms with Gasteiger partial charge in [0.1, 0.15) is 0 Å². The van der Waals surface area contributed by atoms with Gasteiger partial charge in [0.15, 0.2) is 5.82 Å². The second kappa shape index (κ2) is 7.47. The van der Waals surface area contributed by atoms with Crippen LogP contribution in [0.4, 0.5) is 5.82 Å². The summed E-state index contributed by atoms with van der Waals surface area (Å²) < 4.78 is 0. The lowest BCUT2D eigenvalue weighted by Crippen LogP contribution is -2.35. The average Bonchev–Trinajstić information content (AvgIpc) is 2.70. The number of aromatic nitrogens is 2. The Labute approximate surface area is 149 Å². The summed E-state index contributed by atoms with van der Waals surface area (Å²) in [5, 5.41) is 8.88. The summed E-state index contributed by atoms with van der Waals surface area (Å²) in [6, 6.07) is 25.2. The van der Waals surface area contributed by atoms with Gasteiger partial charge in [-0.25, -0.2) is 0 Å². The Kier molecular flexibility index (Phi) is 4.73. The molecule has 0 spiro atoms. The molecule has 4 rings (SSSR count). The number of rotatable bonds is 4. The molecular formula is C22H23N3. The van der Waals surface area contributed by atoms with E-state index >= 15 is 0 Å². The highest BCUT2D eigenvalue weighted by Gasteiger charge is 2.20. The third-order valence-electron chi connectivity index (χ3n) is 5.03. The van der Waals surface area contributed by atoms with Gasteiger partial charge in [-0.3, -0.25) is 0 Å². The van der Waals surface area contributed by atoms with Gasteiger partial charge in [-0.1, -0.05) is 60.7 Å². The number of benzene rings is 2. The Morgan fingerprint density at radius 1 is 0.760 bits per heavy atom. The number of piperidine rings is 1. The van der Waals surface area contributed by atoms with E-state index in [0.717, 1.165) is 36.1 Å². The van der Waals surface area contributed by atoms with E-state index in [2.05, 4.69) is 69.7 Å². The molecule has 25 heavy (non-hydrogen) atoms. The zero-order valence-corrected chi connectivity index (χ0v) is 14.4. The van der Waals surface area contributed by atoms with Crippen molar-refractivity contribution in [3.8, 4) is 11.3 Å². The molecule has 0 unspecified atom stereocenters. The van der Waals surface area contributed by atoms with Gasteiger partial charge in [0.2, 0.25) is 0 Å². The summed E-state index contributed by atoms with van der Waals surface area (Å²) in [6.07, 6.45) is 3.63.